The van der Waals surface area contributed by atoms with Crippen molar-refractivity contribution in [1.82, 2.24) is 0 Å². The fraction of sp³-hybridized carbons (Fsp3) is 0.233. The second-order valence-corrected chi connectivity index (χ2v) is 8.57. The fourth-order valence-corrected chi connectivity index (χ4v) is 3.50. The van der Waals surface area contributed by atoms with Crippen LogP contribution >= 0.6 is 0 Å². The zero-order chi connectivity index (χ0) is 28.2. The highest BCUT2D eigenvalue weighted by atomic mass is 16.5. The van der Waals surface area contributed by atoms with Crippen molar-refractivity contribution >= 4 is 35.1 Å². The van der Waals surface area contributed by atoms with Gasteiger partial charge in [0.2, 0.25) is 11.7 Å². The summed E-state index contributed by atoms with van der Waals surface area (Å²) >= 11 is 0. The molecule has 0 fully saturated rings. The minimum atomic E-state index is -0.952. The average molecular weight is 532 g/mol. The maximum Gasteiger partial charge on any atom is 0.338 e. The molecule has 39 heavy (non-hydrogen) atoms. The maximum atomic E-state index is 12.4. The van der Waals surface area contributed by atoms with Crippen LogP contribution in [-0.4, -0.2) is 49.2 Å². The van der Waals surface area contributed by atoms with Gasteiger partial charge in [0.1, 0.15) is 5.75 Å². The first-order valence-electron chi connectivity index (χ1n) is 12.3. The van der Waals surface area contributed by atoms with Crippen LogP contribution < -0.4 is 10.1 Å². The molecule has 0 radical (unpaired) electrons. The van der Waals surface area contributed by atoms with Gasteiger partial charge in [-0.05, 0) is 61.9 Å². The number of rotatable bonds is 13. The zero-order valence-corrected chi connectivity index (χ0v) is 21.7. The van der Waals surface area contributed by atoms with Crippen molar-refractivity contribution in [2.24, 2.45) is 0 Å². The first kappa shape index (κ1) is 28.8. The molecule has 0 aliphatic rings. The molecule has 1 amide bonds. The predicted molar refractivity (Wildman–Crippen MR) is 143 cm³/mol. The van der Waals surface area contributed by atoms with E-state index < -0.39 is 18.0 Å². The van der Waals surface area contributed by atoms with Gasteiger partial charge in [0.15, 0.2) is 18.5 Å². The molecule has 0 aromatic heterocycles. The second-order valence-electron chi connectivity index (χ2n) is 8.57. The van der Waals surface area contributed by atoms with Crippen LogP contribution in [0.15, 0.2) is 78.9 Å². The molecule has 3 aromatic rings. The Bertz CT molecular complexity index is 1300. The third kappa shape index (κ3) is 8.92. The number of carbonyl (C=O) groups excluding carboxylic acids is 5. The lowest BCUT2D eigenvalue weighted by Crippen LogP contribution is -2.24. The Morgan fingerprint density at radius 1 is 0.769 bits per heavy atom. The molecule has 3 rings (SSSR count). The lowest BCUT2D eigenvalue weighted by molar-refractivity contribution is -0.142. The molecule has 3 aromatic carbocycles. The molecule has 202 valence electrons. The van der Waals surface area contributed by atoms with Crippen molar-refractivity contribution in [3.63, 3.8) is 0 Å². The largest absolute Gasteiger partial charge is 0.497 e. The Kier molecular flexibility index (Phi) is 10.5. The number of nitrogens with one attached hydrogen (secondary N) is 1. The Hall–Kier alpha value is -4.79. The number of anilines is 1. The van der Waals surface area contributed by atoms with Crippen LogP contribution in [0.5, 0.6) is 5.75 Å². The number of hydrogen-bond donors (Lipinski definition) is 1. The number of Topliss-reactive ketones (excluding diaryl/α,β-unsaturated/α-hetero) is 2. The summed E-state index contributed by atoms with van der Waals surface area (Å²) in [5.41, 5.74) is 1.54. The van der Waals surface area contributed by atoms with E-state index >= 15 is 0 Å². The van der Waals surface area contributed by atoms with E-state index in [4.69, 9.17) is 14.2 Å². The Morgan fingerprint density at radius 2 is 1.41 bits per heavy atom. The summed E-state index contributed by atoms with van der Waals surface area (Å²) in [4.78, 5) is 61.0. The highest BCUT2D eigenvalue weighted by Crippen LogP contribution is 2.15. The molecule has 0 aliphatic heterocycles. The summed E-state index contributed by atoms with van der Waals surface area (Å²) < 4.78 is 15.3. The van der Waals surface area contributed by atoms with Gasteiger partial charge in [0, 0.05) is 29.7 Å². The molecule has 9 nitrogen and oxygen atoms in total. The van der Waals surface area contributed by atoms with Gasteiger partial charge < -0.3 is 19.5 Å². The molecule has 0 saturated carbocycles. The standard InChI is InChI=1S/C30H29NO8/c1-20(29(35)22-7-4-3-5-8-22)39-30(36)23-11-15-24(16-12-23)31-27(33)9-6-10-28(34)38-19-26(32)21-13-17-25(37-2)18-14-21/h3-5,7-8,11-18,20H,6,9-10,19H2,1-2H3,(H,31,33)/t20-/m0/s1. The van der Waals surface area contributed by atoms with E-state index in [2.05, 4.69) is 5.32 Å². The van der Waals surface area contributed by atoms with Gasteiger partial charge in [-0.2, -0.15) is 0 Å². The van der Waals surface area contributed by atoms with Crippen LogP contribution in [0.25, 0.3) is 0 Å². The highest BCUT2D eigenvalue weighted by molar-refractivity contribution is 6.01. The van der Waals surface area contributed by atoms with Crippen molar-refractivity contribution in [1.29, 1.82) is 0 Å². The number of esters is 2. The number of methoxy groups -OCH3 is 1. The van der Waals surface area contributed by atoms with Crippen LogP contribution in [-0.2, 0) is 19.1 Å². The molecule has 1 N–H and O–H groups in total. The van der Waals surface area contributed by atoms with Gasteiger partial charge in [-0.3, -0.25) is 19.2 Å². The van der Waals surface area contributed by atoms with Crippen LogP contribution in [0.1, 0.15) is 57.3 Å². The number of hydrogen-bond acceptors (Lipinski definition) is 8. The van der Waals surface area contributed by atoms with Crippen molar-refractivity contribution in [2.45, 2.75) is 32.3 Å². The zero-order valence-electron chi connectivity index (χ0n) is 21.7. The fourth-order valence-electron chi connectivity index (χ4n) is 3.50. The minimum Gasteiger partial charge on any atom is -0.497 e. The maximum absolute atomic E-state index is 12.4. The van der Waals surface area contributed by atoms with E-state index in [1.807, 2.05) is 0 Å². The summed E-state index contributed by atoms with van der Waals surface area (Å²) in [6, 6.07) is 21.0. The monoisotopic (exact) mass is 531 g/mol. The predicted octanol–water partition coefficient (Wildman–Crippen LogP) is 4.66. The summed E-state index contributed by atoms with van der Waals surface area (Å²) in [5.74, 6) is -1.59. The van der Waals surface area contributed by atoms with Crippen molar-refractivity contribution < 1.29 is 38.2 Å². The van der Waals surface area contributed by atoms with Crippen molar-refractivity contribution in [2.75, 3.05) is 19.0 Å². The highest BCUT2D eigenvalue weighted by Gasteiger charge is 2.20. The number of benzene rings is 3. The van der Waals surface area contributed by atoms with Crippen LogP contribution in [0.4, 0.5) is 5.69 Å². The molecule has 9 heteroatoms. The Labute approximate surface area is 226 Å². The number of carbonyl (C=O) groups is 5. The van der Waals surface area contributed by atoms with Gasteiger partial charge in [-0.25, -0.2) is 4.79 Å². The molecular weight excluding hydrogens is 502 g/mol. The lowest BCUT2D eigenvalue weighted by atomic mass is 10.1. The molecular formula is C30H29NO8. The second kappa shape index (κ2) is 14.2. The number of amides is 1. The Balaban J connectivity index is 1.36. The van der Waals surface area contributed by atoms with Crippen LogP contribution in [0.3, 0.4) is 0 Å². The van der Waals surface area contributed by atoms with Crippen molar-refractivity contribution in [3.8, 4) is 5.75 Å². The summed E-state index contributed by atoms with van der Waals surface area (Å²) in [6.07, 6.45) is -0.677. The summed E-state index contributed by atoms with van der Waals surface area (Å²) in [5, 5.41) is 2.68. The van der Waals surface area contributed by atoms with Gasteiger partial charge >= 0.3 is 11.9 Å². The minimum absolute atomic E-state index is 0.0199. The van der Waals surface area contributed by atoms with E-state index in [0.29, 0.717) is 22.6 Å². The molecule has 0 heterocycles. The number of ketones is 2. The van der Waals surface area contributed by atoms with Crippen LogP contribution in [0, 0.1) is 0 Å². The van der Waals surface area contributed by atoms with E-state index in [1.54, 1.807) is 54.6 Å². The molecule has 0 spiro atoms. The summed E-state index contributed by atoms with van der Waals surface area (Å²) in [7, 11) is 1.52. The van der Waals surface area contributed by atoms with Gasteiger partial charge in [-0.1, -0.05) is 30.3 Å². The smallest absolute Gasteiger partial charge is 0.338 e. The first-order valence-corrected chi connectivity index (χ1v) is 12.3. The topological polar surface area (TPSA) is 125 Å². The molecule has 1 atom stereocenters. The van der Waals surface area contributed by atoms with Gasteiger partial charge in [0.05, 0.1) is 12.7 Å². The molecule has 0 bridgehead atoms. The first-order chi connectivity index (χ1) is 18.8. The Morgan fingerprint density at radius 3 is 2.05 bits per heavy atom. The number of ether oxygens (including phenoxy) is 3. The molecule has 0 aliphatic carbocycles. The third-order valence-electron chi connectivity index (χ3n) is 5.68. The molecule has 0 saturated heterocycles. The van der Waals surface area contributed by atoms with E-state index in [0.717, 1.165) is 0 Å². The lowest BCUT2D eigenvalue weighted by Gasteiger charge is -2.12. The molecule has 0 unspecified atom stereocenters. The van der Waals surface area contributed by atoms with E-state index in [9.17, 15) is 24.0 Å². The normalized spacial score (nSPS) is 11.1. The quantitative estimate of drug-likeness (QED) is 0.249. The SMILES string of the molecule is COc1ccc(C(=O)COC(=O)CCCC(=O)Nc2ccc(C(=O)O[C@@H](C)C(=O)c3ccccc3)cc2)cc1. The van der Waals surface area contributed by atoms with Gasteiger partial charge in [-0.15, -0.1) is 0 Å². The van der Waals surface area contributed by atoms with E-state index in [1.165, 1.54) is 38.3 Å². The third-order valence-corrected chi connectivity index (χ3v) is 5.68. The van der Waals surface area contributed by atoms with Crippen molar-refractivity contribution in [3.05, 3.63) is 95.6 Å². The average Bonchev–Trinajstić information content (AvgIpc) is 2.96. The van der Waals surface area contributed by atoms with E-state index in [-0.39, 0.29) is 48.9 Å². The van der Waals surface area contributed by atoms with Crippen LogP contribution in [0.2, 0.25) is 0 Å². The summed E-state index contributed by atoms with van der Waals surface area (Å²) in [6.45, 7) is 1.13. The van der Waals surface area contributed by atoms with Gasteiger partial charge in [0.25, 0.3) is 0 Å².